The van der Waals surface area contributed by atoms with Crippen LogP contribution in [0.25, 0.3) is 27.6 Å². The van der Waals surface area contributed by atoms with Crippen LogP contribution in [0.3, 0.4) is 0 Å². The van der Waals surface area contributed by atoms with E-state index in [0.717, 1.165) is 5.56 Å². The third kappa shape index (κ3) is 3.61. The van der Waals surface area contributed by atoms with E-state index in [4.69, 9.17) is 14.9 Å². The van der Waals surface area contributed by atoms with Crippen molar-refractivity contribution in [1.29, 1.82) is 0 Å². The highest BCUT2D eigenvalue weighted by Gasteiger charge is 2.27. The van der Waals surface area contributed by atoms with E-state index in [1.807, 2.05) is 37.3 Å². The summed E-state index contributed by atoms with van der Waals surface area (Å²) in [6.45, 7) is 4.79. The number of benzene rings is 2. The van der Waals surface area contributed by atoms with Crippen molar-refractivity contribution in [3.63, 3.8) is 0 Å². The molecule has 1 atom stereocenters. The first-order valence-corrected chi connectivity index (χ1v) is 10.5. The number of allylic oxidation sites excluding steroid dienone is 2. The lowest BCUT2D eigenvalue weighted by Crippen LogP contribution is -2.19. The number of fused-ring (bicyclic) bond motifs is 3. The highest BCUT2D eigenvalue weighted by atomic mass is 16.5. The van der Waals surface area contributed by atoms with Gasteiger partial charge in [0.2, 0.25) is 0 Å². The van der Waals surface area contributed by atoms with Gasteiger partial charge in [-0.05, 0) is 38.5 Å². The van der Waals surface area contributed by atoms with Crippen LogP contribution in [0, 0.1) is 0 Å². The molecule has 0 saturated heterocycles. The SMILES string of the molecule is COc1cc2c(cc1C(C(C)=O)=C(C)N)nc(C(=O)O)c1oc(=O)n([C@H](C)c3ccccc3)c12. The maximum atomic E-state index is 13.0. The van der Waals surface area contributed by atoms with Gasteiger partial charge in [-0.15, -0.1) is 0 Å². The summed E-state index contributed by atoms with van der Waals surface area (Å²) in [6.07, 6.45) is 0. The van der Waals surface area contributed by atoms with Crippen molar-refractivity contribution in [3.05, 3.63) is 75.5 Å². The molecule has 2 heterocycles. The summed E-state index contributed by atoms with van der Waals surface area (Å²) in [7, 11) is 1.44. The molecule has 4 rings (SSSR count). The standard InChI is InChI=1S/C25H23N3O6/c1-12(26)20(14(3)29)17-10-18-16(11-19(17)33-4)22-23(21(27-18)24(30)31)34-25(32)28(22)13(2)15-8-6-5-7-9-15/h5-11,13H,26H2,1-4H3,(H,30,31)/t13-/m1/s1. The summed E-state index contributed by atoms with van der Waals surface area (Å²) >= 11 is 0. The van der Waals surface area contributed by atoms with Crippen LogP contribution in [0.1, 0.15) is 48.4 Å². The molecule has 174 valence electrons. The maximum absolute atomic E-state index is 13.0. The van der Waals surface area contributed by atoms with E-state index >= 15 is 0 Å². The number of Topliss-reactive ketones (excluding diaryl/α,β-unsaturated/α-hetero) is 1. The van der Waals surface area contributed by atoms with Crippen LogP contribution in [0.5, 0.6) is 5.75 Å². The van der Waals surface area contributed by atoms with Crippen LogP contribution >= 0.6 is 0 Å². The first kappa shape index (κ1) is 22.8. The van der Waals surface area contributed by atoms with Gasteiger partial charge in [0.25, 0.3) is 0 Å². The van der Waals surface area contributed by atoms with Crippen LogP contribution in [0.15, 0.2) is 57.4 Å². The third-order valence-corrected chi connectivity index (χ3v) is 5.75. The normalized spacial score (nSPS) is 13.1. The molecule has 0 aliphatic heterocycles. The van der Waals surface area contributed by atoms with Gasteiger partial charge in [-0.1, -0.05) is 30.3 Å². The lowest BCUT2D eigenvalue weighted by molar-refractivity contribution is -0.111. The number of hydrogen-bond donors (Lipinski definition) is 2. The summed E-state index contributed by atoms with van der Waals surface area (Å²) < 4.78 is 12.4. The number of ether oxygens (including phenoxy) is 1. The van der Waals surface area contributed by atoms with Crippen LogP contribution < -0.4 is 16.2 Å². The first-order chi connectivity index (χ1) is 16.1. The fourth-order valence-electron chi connectivity index (χ4n) is 4.24. The Labute approximate surface area is 194 Å². The van der Waals surface area contributed by atoms with E-state index < -0.39 is 23.5 Å². The van der Waals surface area contributed by atoms with Gasteiger partial charge in [0.05, 0.1) is 18.7 Å². The van der Waals surface area contributed by atoms with Gasteiger partial charge in [-0.25, -0.2) is 14.6 Å². The molecule has 0 amide bonds. The Balaban J connectivity index is 2.17. The molecule has 0 spiro atoms. The average Bonchev–Trinajstić information content (AvgIpc) is 3.14. The highest BCUT2D eigenvalue weighted by molar-refractivity contribution is 6.22. The molecular formula is C25H23N3O6. The fraction of sp³-hybridized carbons (Fsp3) is 0.200. The number of ketones is 1. The quantitative estimate of drug-likeness (QED) is 0.414. The highest BCUT2D eigenvalue weighted by Crippen LogP contribution is 2.37. The number of nitrogens with zero attached hydrogens (tertiary/aromatic N) is 2. The van der Waals surface area contributed by atoms with Gasteiger partial charge in [0.1, 0.15) is 11.3 Å². The van der Waals surface area contributed by atoms with Crippen LogP contribution in [-0.4, -0.2) is 33.5 Å². The predicted octanol–water partition coefficient (Wildman–Crippen LogP) is 3.74. The number of carboxylic acids is 1. The van der Waals surface area contributed by atoms with E-state index in [1.165, 1.54) is 18.6 Å². The number of oxazole rings is 1. The lowest BCUT2D eigenvalue weighted by Gasteiger charge is -2.16. The Bertz CT molecular complexity index is 1540. The molecule has 0 aliphatic carbocycles. The summed E-state index contributed by atoms with van der Waals surface area (Å²) in [4.78, 5) is 41.6. The van der Waals surface area contributed by atoms with Crippen LogP contribution in [0.2, 0.25) is 0 Å². The van der Waals surface area contributed by atoms with E-state index in [-0.39, 0.29) is 33.7 Å². The molecule has 0 bridgehead atoms. The number of pyridine rings is 1. The van der Waals surface area contributed by atoms with Crippen molar-refractivity contribution in [2.24, 2.45) is 5.73 Å². The van der Waals surface area contributed by atoms with Crippen molar-refractivity contribution < 1.29 is 23.8 Å². The van der Waals surface area contributed by atoms with Gasteiger partial charge in [0, 0.05) is 22.2 Å². The minimum Gasteiger partial charge on any atom is -0.496 e. The fourth-order valence-corrected chi connectivity index (χ4v) is 4.24. The second-order valence-electron chi connectivity index (χ2n) is 7.95. The topological polar surface area (TPSA) is 138 Å². The number of carbonyl (C=O) groups excluding carboxylic acids is 1. The van der Waals surface area contributed by atoms with Crippen LogP contribution in [0.4, 0.5) is 0 Å². The van der Waals surface area contributed by atoms with Crippen molar-refractivity contribution >= 4 is 39.3 Å². The molecule has 0 aliphatic rings. The summed E-state index contributed by atoms with van der Waals surface area (Å²) in [5, 5.41) is 10.2. The molecule has 3 N–H and O–H groups in total. The summed E-state index contributed by atoms with van der Waals surface area (Å²) in [5.74, 6) is -2.03. The minimum absolute atomic E-state index is 0.139. The number of hydrogen-bond acceptors (Lipinski definition) is 7. The smallest absolute Gasteiger partial charge is 0.420 e. The van der Waals surface area contributed by atoms with Crippen LogP contribution in [-0.2, 0) is 4.79 Å². The van der Waals surface area contributed by atoms with Gasteiger partial charge in [0.15, 0.2) is 17.1 Å². The zero-order valence-corrected chi connectivity index (χ0v) is 19.1. The molecule has 0 saturated carbocycles. The summed E-state index contributed by atoms with van der Waals surface area (Å²) in [6, 6.07) is 12.0. The average molecular weight is 461 g/mol. The minimum atomic E-state index is -1.35. The molecule has 0 fully saturated rings. The monoisotopic (exact) mass is 461 g/mol. The summed E-state index contributed by atoms with van der Waals surface area (Å²) in [5.41, 5.74) is 7.65. The van der Waals surface area contributed by atoms with Crippen molar-refractivity contribution in [2.45, 2.75) is 26.8 Å². The molecule has 0 unspecified atom stereocenters. The Morgan fingerprint density at radius 2 is 1.85 bits per heavy atom. The Hall–Kier alpha value is -4.40. The Kier molecular flexibility index (Phi) is 5.70. The molecule has 4 aromatic rings. The van der Waals surface area contributed by atoms with Gasteiger partial charge < -0.3 is 20.0 Å². The molecule has 9 nitrogen and oxygen atoms in total. The van der Waals surface area contributed by atoms with E-state index in [2.05, 4.69) is 4.98 Å². The Morgan fingerprint density at radius 1 is 1.18 bits per heavy atom. The number of carboxylic acid groups (broad SMARTS) is 1. The van der Waals surface area contributed by atoms with Crippen molar-refractivity contribution in [3.8, 4) is 5.75 Å². The van der Waals surface area contributed by atoms with Gasteiger partial charge in [-0.2, -0.15) is 0 Å². The molecular weight excluding hydrogens is 438 g/mol. The number of rotatable bonds is 6. The van der Waals surface area contributed by atoms with Gasteiger partial charge in [-0.3, -0.25) is 9.36 Å². The van der Waals surface area contributed by atoms with E-state index in [0.29, 0.717) is 16.7 Å². The predicted molar refractivity (Wildman–Crippen MR) is 127 cm³/mol. The number of aromatic carboxylic acids is 1. The molecule has 2 aromatic heterocycles. The van der Waals surface area contributed by atoms with E-state index in [9.17, 15) is 19.5 Å². The lowest BCUT2D eigenvalue weighted by atomic mass is 9.97. The second kappa shape index (κ2) is 8.51. The molecule has 9 heteroatoms. The van der Waals surface area contributed by atoms with Crippen molar-refractivity contribution in [2.75, 3.05) is 7.11 Å². The van der Waals surface area contributed by atoms with Gasteiger partial charge >= 0.3 is 11.7 Å². The molecule has 2 aromatic carbocycles. The number of carbonyl (C=O) groups is 2. The largest absolute Gasteiger partial charge is 0.496 e. The van der Waals surface area contributed by atoms with E-state index in [1.54, 1.807) is 19.1 Å². The Morgan fingerprint density at radius 3 is 2.41 bits per heavy atom. The molecule has 34 heavy (non-hydrogen) atoms. The zero-order valence-electron chi connectivity index (χ0n) is 19.1. The molecule has 0 radical (unpaired) electrons. The number of methoxy groups -OCH3 is 1. The maximum Gasteiger partial charge on any atom is 0.420 e. The van der Waals surface area contributed by atoms with Crippen molar-refractivity contribution in [1.82, 2.24) is 9.55 Å². The second-order valence-corrected chi connectivity index (χ2v) is 7.95. The third-order valence-electron chi connectivity index (χ3n) is 5.75. The number of aromatic nitrogens is 2. The number of nitrogens with two attached hydrogens (primary N) is 1. The first-order valence-electron chi connectivity index (χ1n) is 10.5. The zero-order chi connectivity index (χ0) is 24.7.